The molecule has 2 rings (SSSR count). The highest BCUT2D eigenvalue weighted by atomic mass is 16.5. The lowest BCUT2D eigenvalue weighted by molar-refractivity contribution is 0.0519. The van der Waals surface area contributed by atoms with Gasteiger partial charge in [0.25, 0.3) is 0 Å². The van der Waals surface area contributed by atoms with Crippen molar-refractivity contribution in [2.24, 2.45) is 0 Å². The Hall–Kier alpha value is -2.76. The molecule has 0 spiro atoms. The van der Waals surface area contributed by atoms with Crippen LogP contribution in [-0.4, -0.2) is 31.8 Å². The Bertz CT molecular complexity index is 656. The Balaban J connectivity index is 2.04. The number of carbonyl (C=O) groups is 1. The van der Waals surface area contributed by atoms with Crippen LogP contribution >= 0.6 is 0 Å². The highest BCUT2D eigenvalue weighted by Crippen LogP contribution is 2.24. The minimum absolute atomic E-state index is 0.288. The van der Waals surface area contributed by atoms with Crippen LogP contribution in [-0.2, 0) is 11.3 Å². The summed E-state index contributed by atoms with van der Waals surface area (Å²) in [6.07, 6.45) is 1.60. The normalized spacial score (nSPS) is 10.0. The van der Waals surface area contributed by atoms with E-state index in [0.29, 0.717) is 13.2 Å². The predicted molar refractivity (Wildman–Crippen MR) is 87.1 cm³/mol. The molecular formula is C17H20N2O4. The van der Waals surface area contributed by atoms with Gasteiger partial charge in [0.2, 0.25) is 0 Å². The molecule has 2 aromatic rings. The highest BCUT2D eigenvalue weighted by molar-refractivity contribution is 5.87. The molecule has 23 heavy (non-hydrogen) atoms. The van der Waals surface area contributed by atoms with Crippen molar-refractivity contribution in [1.82, 2.24) is 4.98 Å². The first kappa shape index (κ1) is 16.6. The number of aromatic nitrogens is 1. The molecule has 0 saturated heterocycles. The van der Waals surface area contributed by atoms with Crippen molar-refractivity contribution < 1.29 is 19.0 Å². The second kappa shape index (κ2) is 8.03. The number of hydrogen-bond acceptors (Lipinski definition) is 6. The third-order valence-corrected chi connectivity index (χ3v) is 3.22. The van der Waals surface area contributed by atoms with Crippen molar-refractivity contribution >= 4 is 11.7 Å². The molecule has 1 N–H and O–H groups in total. The quantitative estimate of drug-likeness (QED) is 0.792. The second-order valence-corrected chi connectivity index (χ2v) is 4.68. The zero-order valence-corrected chi connectivity index (χ0v) is 13.5. The zero-order valence-electron chi connectivity index (χ0n) is 13.5. The van der Waals surface area contributed by atoms with Crippen LogP contribution in [0.3, 0.4) is 0 Å². The topological polar surface area (TPSA) is 69.7 Å². The van der Waals surface area contributed by atoms with Crippen LogP contribution in [0, 0.1) is 0 Å². The molecule has 122 valence electrons. The average molecular weight is 316 g/mol. The van der Waals surface area contributed by atoms with Crippen LogP contribution in [0.2, 0.25) is 0 Å². The Morgan fingerprint density at radius 1 is 1.17 bits per heavy atom. The lowest BCUT2D eigenvalue weighted by Gasteiger charge is -2.12. The molecule has 0 aliphatic rings. The van der Waals surface area contributed by atoms with Gasteiger partial charge in [-0.1, -0.05) is 0 Å². The van der Waals surface area contributed by atoms with E-state index < -0.39 is 5.97 Å². The minimum atomic E-state index is -0.423. The first-order valence-corrected chi connectivity index (χ1v) is 7.26. The fraction of sp³-hybridized carbons (Fsp3) is 0.294. The molecule has 0 fully saturated rings. The van der Waals surface area contributed by atoms with Gasteiger partial charge in [-0.25, -0.2) is 9.78 Å². The van der Waals surface area contributed by atoms with Gasteiger partial charge in [-0.05, 0) is 37.3 Å². The number of esters is 1. The standard InChI is InChI=1S/C17H20N2O4/c1-4-23-17(20)15-7-5-13(11-19-15)18-10-12-9-14(21-2)6-8-16(12)22-3/h5-9,11,18H,4,10H2,1-3H3. The molecule has 0 amide bonds. The fourth-order valence-corrected chi connectivity index (χ4v) is 2.04. The molecule has 0 atom stereocenters. The monoisotopic (exact) mass is 316 g/mol. The molecule has 0 bridgehead atoms. The number of ether oxygens (including phenoxy) is 3. The SMILES string of the molecule is CCOC(=O)c1ccc(NCc2cc(OC)ccc2OC)cn1. The molecule has 0 aliphatic carbocycles. The van der Waals surface area contributed by atoms with E-state index in [1.54, 1.807) is 39.5 Å². The Labute approximate surface area is 135 Å². The summed E-state index contributed by atoms with van der Waals surface area (Å²) in [7, 11) is 3.25. The van der Waals surface area contributed by atoms with Crippen molar-refractivity contribution in [3.05, 3.63) is 47.8 Å². The van der Waals surface area contributed by atoms with Crippen molar-refractivity contribution in [2.45, 2.75) is 13.5 Å². The van der Waals surface area contributed by atoms with E-state index in [2.05, 4.69) is 10.3 Å². The number of methoxy groups -OCH3 is 2. The Morgan fingerprint density at radius 2 is 2.00 bits per heavy atom. The summed E-state index contributed by atoms with van der Waals surface area (Å²) in [5, 5.41) is 3.23. The largest absolute Gasteiger partial charge is 0.497 e. The molecule has 1 aromatic carbocycles. The number of hydrogen-bond donors (Lipinski definition) is 1. The number of benzene rings is 1. The summed E-state index contributed by atoms with van der Waals surface area (Å²) >= 11 is 0. The van der Waals surface area contributed by atoms with E-state index in [1.165, 1.54) is 0 Å². The van der Waals surface area contributed by atoms with Crippen molar-refractivity contribution in [1.29, 1.82) is 0 Å². The van der Waals surface area contributed by atoms with Crippen molar-refractivity contribution in [3.63, 3.8) is 0 Å². The third-order valence-electron chi connectivity index (χ3n) is 3.22. The van der Waals surface area contributed by atoms with Crippen molar-refractivity contribution in [3.8, 4) is 11.5 Å². The third kappa shape index (κ3) is 4.35. The Kier molecular flexibility index (Phi) is 5.80. The van der Waals surface area contributed by atoms with Gasteiger partial charge >= 0.3 is 5.97 Å². The van der Waals surface area contributed by atoms with Crippen molar-refractivity contribution in [2.75, 3.05) is 26.1 Å². The van der Waals surface area contributed by atoms with Gasteiger partial charge < -0.3 is 19.5 Å². The first-order chi connectivity index (χ1) is 11.2. The number of nitrogens with one attached hydrogen (secondary N) is 1. The summed E-state index contributed by atoms with van der Waals surface area (Å²) in [5.41, 5.74) is 2.04. The summed E-state index contributed by atoms with van der Waals surface area (Å²) in [5.74, 6) is 1.11. The van der Waals surface area contributed by atoms with Gasteiger partial charge in [-0.3, -0.25) is 0 Å². The van der Waals surface area contributed by atoms with Crippen LogP contribution in [0.4, 0.5) is 5.69 Å². The van der Waals surface area contributed by atoms with Gasteiger partial charge in [-0.15, -0.1) is 0 Å². The van der Waals surface area contributed by atoms with Crippen LogP contribution in [0.5, 0.6) is 11.5 Å². The molecule has 0 aliphatic heterocycles. The summed E-state index contributed by atoms with van der Waals surface area (Å²) in [6, 6.07) is 9.03. The smallest absolute Gasteiger partial charge is 0.356 e. The maximum atomic E-state index is 11.6. The molecule has 1 aromatic heterocycles. The summed E-state index contributed by atoms with van der Waals surface area (Å²) < 4.78 is 15.5. The van der Waals surface area contributed by atoms with Gasteiger partial charge in [0.05, 0.1) is 32.7 Å². The molecule has 1 heterocycles. The molecule has 6 heteroatoms. The average Bonchev–Trinajstić information content (AvgIpc) is 2.60. The molecule has 6 nitrogen and oxygen atoms in total. The maximum absolute atomic E-state index is 11.6. The predicted octanol–water partition coefficient (Wildman–Crippen LogP) is 2.89. The second-order valence-electron chi connectivity index (χ2n) is 4.68. The minimum Gasteiger partial charge on any atom is -0.497 e. The van der Waals surface area contributed by atoms with Crippen LogP contribution in [0.1, 0.15) is 23.0 Å². The molecular weight excluding hydrogens is 296 g/mol. The van der Waals surface area contributed by atoms with E-state index in [0.717, 1.165) is 22.7 Å². The fourth-order valence-electron chi connectivity index (χ4n) is 2.04. The van der Waals surface area contributed by atoms with E-state index >= 15 is 0 Å². The van der Waals surface area contributed by atoms with E-state index in [9.17, 15) is 4.79 Å². The summed E-state index contributed by atoms with van der Waals surface area (Å²) in [4.78, 5) is 15.6. The van der Waals surface area contributed by atoms with Gasteiger partial charge in [0.1, 0.15) is 17.2 Å². The molecule has 0 radical (unpaired) electrons. The zero-order chi connectivity index (χ0) is 16.7. The highest BCUT2D eigenvalue weighted by Gasteiger charge is 2.08. The van der Waals surface area contributed by atoms with Crippen LogP contribution in [0.25, 0.3) is 0 Å². The van der Waals surface area contributed by atoms with E-state index in [4.69, 9.17) is 14.2 Å². The lowest BCUT2D eigenvalue weighted by atomic mass is 10.2. The first-order valence-electron chi connectivity index (χ1n) is 7.26. The number of pyridine rings is 1. The summed E-state index contributed by atoms with van der Waals surface area (Å²) in [6.45, 7) is 2.63. The lowest BCUT2D eigenvalue weighted by Crippen LogP contribution is -2.08. The van der Waals surface area contributed by atoms with Crippen LogP contribution in [0.15, 0.2) is 36.5 Å². The van der Waals surface area contributed by atoms with Gasteiger partial charge in [0, 0.05) is 12.1 Å². The van der Waals surface area contributed by atoms with Gasteiger partial charge in [-0.2, -0.15) is 0 Å². The van der Waals surface area contributed by atoms with E-state index in [-0.39, 0.29) is 5.69 Å². The number of carbonyl (C=O) groups excluding carboxylic acids is 1. The van der Waals surface area contributed by atoms with Crippen LogP contribution < -0.4 is 14.8 Å². The number of nitrogens with zero attached hydrogens (tertiary/aromatic N) is 1. The maximum Gasteiger partial charge on any atom is 0.356 e. The van der Waals surface area contributed by atoms with E-state index in [1.807, 2.05) is 18.2 Å². The Morgan fingerprint density at radius 3 is 2.61 bits per heavy atom. The molecule has 0 unspecified atom stereocenters. The number of anilines is 1. The molecule has 0 saturated carbocycles. The van der Waals surface area contributed by atoms with Gasteiger partial charge in [0.15, 0.2) is 0 Å². The number of rotatable bonds is 7.